The van der Waals surface area contributed by atoms with Crippen LogP contribution in [-0.2, 0) is 0 Å². The molecule has 1 unspecified atom stereocenters. The van der Waals surface area contributed by atoms with Crippen molar-refractivity contribution < 1.29 is 0 Å². The molecule has 0 saturated heterocycles. The molecule has 0 aliphatic heterocycles. The standard InChI is InChI=1S/C21H22N2/c1-16(17-9-4-2-5-10-17)23-21(18-11-6-3-7-12-18)19-13-8-14-20(22)15-19/h2-16,21,23H,22H2,1H3/t16-,21?/m0/s1. The average molecular weight is 302 g/mol. The Morgan fingerprint density at radius 2 is 1.26 bits per heavy atom. The van der Waals surface area contributed by atoms with E-state index in [-0.39, 0.29) is 12.1 Å². The Balaban J connectivity index is 1.93. The van der Waals surface area contributed by atoms with Crippen LogP contribution < -0.4 is 11.1 Å². The summed E-state index contributed by atoms with van der Waals surface area (Å²) in [7, 11) is 0. The van der Waals surface area contributed by atoms with Gasteiger partial charge < -0.3 is 5.73 Å². The van der Waals surface area contributed by atoms with Crippen LogP contribution in [0.25, 0.3) is 0 Å². The highest BCUT2D eigenvalue weighted by molar-refractivity contribution is 5.44. The van der Waals surface area contributed by atoms with E-state index in [9.17, 15) is 0 Å². The van der Waals surface area contributed by atoms with E-state index < -0.39 is 0 Å². The summed E-state index contributed by atoms with van der Waals surface area (Å²) in [6, 6.07) is 29.4. The fourth-order valence-electron chi connectivity index (χ4n) is 2.86. The second kappa shape index (κ2) is 7.12. The number of benzene rings is 3. The van der Waals surface area contributed by atoms with Crippen LogP contribution in [0.5, 0.6) is 0 Å². The van der Waals surface area contributed by atoms with Crippen molar-refractivity contribution in [2.24, 2.45) is 0 Å². The lowest BCUT2D eigenvalue weighted by Crippen LogP contribution is -2.25. The first-order valence-corrected chi connectivity index (χ1v) is 7.95. The monoisotopic (exact) mass is 302 g/mol. The van der Waals surface area contributed by atoms with E-state index in [0.29, 0.717) is 0 Å². The summed E-state index contributed by atoms with van der Waals surface area (Å²) in [5, 5.41) is 3.74. The fraction of sp³-hybridized carbons (Fsp3) is 0.143. The van der Waals surface area contributed by atoms with E-state index in [1.165, 1.54) is 16.7 Å². The molecule has 0 aliphatic carbocycles. The highest BCUT2D eigenvalue weighted by Gasteiger charge is 2.17. The van der Waals surface area contributed by atoms with E-state index in [4.69, 9.17) is 5.73 Å². The quantitative estimate of drug-likeness (QED) is 0.670. The molecular weight excluding hydrogens is 280 g/mol. The topological polar surface area (TPSA) is 38.0 Å². The fourth-order valence-corrected chi connectivity index (χ4v) is 2.86. The van der Waals surface area contributed by atoms with Gasteiger partial charge in [0.2, 0.25) is 0 Å². The Hall–Kier alpha value is -2.58. The third-order valence-electron chi connectivity index (χ3n) is 4.09. The van der Waals surface area contributed by atoms with Gasteiger partial charge in [0.15, 0.2) is 0 Å². The van der Waals surface area contributed by atoms with E-state index in [1.54, 1.807) is 0 Å². The second-order valence-corrected chi connectivity index (χ2v) is 5.81. The van der Waals surface area contributed by atoms with Crippen LogP contribution in [0.15, 0.2) is 84.9 Å². The highest BCUT2D eigenvalue weighted by atomic mass is 14.9. The Bertz CT molecular complexity index is 738. The smallest absolute Gasteiger partial charge is 0.0582 e. The van der Waals surface area contributed by atoms with Gasteiger partial charge in [0, 0.05) is 11.7 Å². The molecule has 3 N–H and O–H groups in total. The van der Waals surface area contributed by atoms with E-state index in [1.807, 2.05) is 30.3 Å². The Morgan fingerprint density at radius 3 is 1.87 bits per heavy atom. The zero-order chi connectivity index (χ0) is 16.1. The minimum Gasteiger partial charge on any atom is -0.399 e. The van der Waals surface area contributed by atoms with Gasteiger partial charge in [0.25, 0.3) is 0 Å². The van der Waals surface area contributed by atoms with Crippen molar-refractivity contribution in [1.29, 1.82) is 0 Å². The summed E-state index contributed by atoms with van der Waals surface area (Å²) in [6.07, 6.45) is 0. The summed E-state index contributed by atoms with van der Waals surface area (Å²) >= 11 is 0. The summed E-state index contributed by atoms with van der Waals surface area (Å²) in [5.41, 5.74) is 10.5. The third-order valence-corrected chi connectivity index (χ3v) is 4.09. The molecule has 0 bridgehead atoms. The van der Waals surface area contributed by atoms with Crippen LogP contribution in [0.2, 0.25) is 0 Å². The lowest BCUT2D eigenvalue weighted by Gasteiger charge is -2.25. The van der Waals surface area contributed by atoms with Gasteiger partial charge >= 0.3 is 0 Å². The molecule has 3 rings (SSSR count). The van der Waals surface area contributed by atoms with Crippen molar-refractivity contribution in [2.45, 2.75) is 19.0 Å². The molecule has 0 heterocycles. The van der Waals surface area contributed by atoms with Crippen molar-refractivity contribution in [3.8, 4) is 0 Å². The maximum Gasteiger partial charge on any atom is 0.0582 e. The molecule has 23 heavy (non-hydrogen) atoms. The van der Waals surface area contributed by atoms with Crippen LogP contribution >= 0.6 is 0 Å². The molecular formula is C21H22N2. The zero-order valence-electron chi connectivity index (χ0n) is 13.3. The Labute approximate surface area is 138 Å². The van der Waals surface area contributed by atoms with Crippen molar-refractivity contribution >= 4 is 5.69 Å². The highest BCUT2D eigenvalue weighted by Crippen LogP contribution is 2.27. The molecule has 116 valence electrons. The van der Waals surface area contributed by atoms with Gasteiger partial charge in [-0.1, -0.05) is 72.8 Å². The number of nitrogens with one attached hydrogen (secondary N) is 1. The minimum atomic E-state index is 0.106. The molecule has 0 aliphatic rings. The number of hydrogen-bond donors (Lipinski definition) is 2. The van der Waals surface area contributed by atoms with E-state index in [2.05, 4.69) is 66.8 Å². The normalized spacial score (nSPS) is 13.4. The molecule has 2 atom stereocenters. The minimum absolute atomic E-state index is 0.106. The summed E-state index contributed by atoms with van der Waals surface area (Å²) < 4.78 is 0. The van der Waals surface area contributed by atoms with Crippen LogP contribution in [0, 0.1) is 0 Å². The third kappa shape index (κ3) is 3.79. The first-order chi connectivity index (χ1) is 11.2. The summed E-state index contributed by atoms with van der Waals surface area (Å²) in [4.78, 5) is 0. The molecule has 2 nitrogen and oxygen atoms in total. The van der Waals surface area contributed by atoms with Crippen LogP contribution in [0.4, 0.5) is 5.69 Å². The van der Waals surface area contributed by atoms with Crippen molar-refractivity contribution in [1.82, 2.24) is 5.32 Å². The summed E-state index contributed by atoms with van der Waals surface area (Å²) in [5.74, 6) is 0. The average Bonchev–Trinajstić information content (AvgIpc) is 2.61. The first kappa shape index (κ1) is 15.3. The van der Waals surface area contributed by atoms with Gasteiger partial charge in [0.05, 0.1) is 6.04 Å². The zero-order valence-corrected chi connectivity index (χ0v) is 13.3. The molecule has 0 aromatic heterocycles. The van der Waals surface area contributed by atoms with Gasteiger partial charge in [-0.05, 0) is 35.7 Å². The Kier molecular flexibility index (Phi) is 4.74. The molecule has 0 saturated carbocycles. The first-order valence-electron chi connectivity index (χ1n) is 7.95. The van der Waals surface area contributed by atoms with Crippen LogP contribution in [0.1, 0.15) is 35.7 Å². The predicted molar refractivity (Wildman–Crippen MR) is 97.1 cm³/mol. The van der Waals surface area contributed by atoms with Gasteiger partial charge in [0.1, 0.15) is 0 Å². The molecule has 2 heteroatoms. The molecule has 0 radical (unpaired) electrons. The van der Waals surface area contributed by atoms with E-state index in [0.717, 1.165) is 5.69 Å². The number of nitrogen functional groups attached to an aromatic ring is 1. The SMILES string of the molecule is C[C@H](NC(c1ccccc1)c1cccc(N)c1)c1ccccc1. The Morgan fingerprint density at radius 1 is 0.696 bits per heavy atom. The van der Waals surface area contributed by atoms with Crippen molar-refractivity contribution in [3.63, 3.8) is 0 Å². The number of nitrogens with two attached hydrogens (primary N) is 1. The predicted octanol–water partition coefficient (Wildman–Crippen LogP) is 4.71. The molecule has 3 aromatic carbocycles. The van der Waals surface area contributed by atoms with Crippen molar-refractivity contribution in [2.75, 3.05) is 5.73 Å². The lowest BCUT2D eigenvalue weighted by molar-refractivity contribution is 0.516. The molecule has 0 fully saturated rings. The maximum absolute atomic E-state index is 5.99. The van der Waals surface area contributed by atoms with Gasteiger partial charge in [-0.3, -0.25) is 5.32 Å². The van der Waals surface area contributed by atoms with Gasteiger partial charge in [-0.15, -0.1) is 0 Å². The second-order valence-electron chi connectivity index (χ2n) is 5.81. The number of hydrogen-bond acceptors (Lipinski definition) is 2. The largest absolute Gasteiger partial charge is 0.399 e. The number of rotatable bonds is 5. The molecule has 0 amide bonds. The lowest BCUT2D eigenvalue weighted by atomic mass is 9.96. The maximum atomic E-state index is 5.99. The van der Waals surface area contributed by atoms with Crippen molar-refractivity contribution in [3.05, 3.63) is 102 Å². The molecule has 0 spiro atoms. The van der Waals surface area contributed by atoms with E-state index >= 15 is 0 Å². The molecule has 3 aromatic rings. The van der Waals surface area contributed by atoms with Gasteiger partial charge in [-0.2, -0.15) is 0 Å². The number of anilines is 1. The summed E-state index contributed by atoms with van der Waals surface area (Å²) in [6.45, 7) is 2.19. The van der Waals surface area contributed by atoms with Crippen LogP contribution in [-0.4, -0.2) is 0 Å². The van der Waals surface area contributed by atoms with Gasteiger partial charge in [-0.25, -0.2) is 0 Å². The van der Waals surface area contributed by atoms with Crippen LogP contribution in [0.3, 0.4) is 0 Å².